The van der Waals surface area contributed by atoms with Gasteiger partial charge in [-0.3, -0.25) is 4.79 Å². The largest absolute Gasteiger partial charge is 0.507 e. The summed E-state index contributed by atoms with van der Waals surface area (Å²) in [5.74, 6) is 0.905. The van der Waals surface area contributed by atoms with E-state index in [9.17, 15) is 9.90 Å². The molecule has 1 atom stereocenters. The third-order valence-electron chi connectivity index (χ3n) is 4.42. The number of ether oxygens (including phenoxy) is 2. The van der Waals surface area contributed by atoms with Gasteiger partial charge in [-0.25, -0.2) is 0 Å². The van der Waals surface area contributed by atoms with Gasteiger partial charge in [-0.05, 0) is 24.6 Å². The second-order valence-electron chi connectivity index (χ2n) is 6.00. The maximum atomic E-state index is 12.9. The number of phenols is 1. The molecule has 1 aromatic heterocycles. The number of phenolic OH excluding ortho intramolecular Hbond substituents is 1. The van der Waals surface area contributed by atoms with Gasteiger partial charge in [0.1, 0.15) is 28.6 Å². The monoisotopic (exact) mass is 324 g/mol. The number of rotatable bonds is 2. The Morgan fingerprint density at radius 1 is 1.42 bits per heavy atom. The van der Waals surface area contributed by atoms with Crippen LogP contribution in [0.1, 0.15) is 12.5 Å². The van der Waals surface area contributed by atoms with Gasteiger partial charge in [0, 0.05) is 18.1 Å². The molecule has 4 rings (SSSR count). The molecule has 0 fully saturated rings. The van der Waals surface area contributed by atoms with Crippen LogP contribution in [0.25, 0.3) is 21.9 Å². The fourth-order valence-electron chi connectivity index (χ4n) is 3.13. The maximum Gasteiger partial charge on any atom is 0.204 e. The lowest BCUT2D eigenvalue weighted by Crippen LogP contribution is -2.13. The van der Waals surface area contributed by atoms with Crippen molar-refractivity contribution in [3.8, 4) is 17.2 Å². The number of hydrogen-bond acceptors (Lipinski definition) is 5. The molecule has 0 saturated carbocycles. The highest BCUT2D eigenvalue weighted by atomic mass is 16.5. The summed E-state index contributed by atoms with van der Waals surface area (Å²) >= 11 is 0. The molecule has 0 aliphatic carbocycles. The highest BCUT2D eigenvalue weighted by Gasteiger charge is 2.29. The highest BCUT2D eigenvalue weighted by Crippen LogP contribution is 2.42. The number of aromatic hydroxyl groups is 1. The van der Waals surface area contributed by atoms with Crippen molar-refractivity contribution in [3.05, 3.63) is 52.2 Å². The number of benzene rings is 2. The summed E-state index contributed by atoms with van der Waals surface area (Å²) in [5, 5.41) is 11.2. The highest BCUT2D eigenvalue weighted by molar-refractivity contribution is 5.96. The molecule has 24 heavy (non-hydrogen) atoms. The van der Waals surface area contributed by atoms with E-state index in [-0.39, 0.29) is 28.3 Å². The Kier molecular flexibility index (Phi) is 3.06. The normalized spacial score (nSPS) is 16.2. The Morgan fingerprint density at radius 2 is 2.21 bits per heavy atom. The average molecular weight is 324 g/mol. The summed E-state index contributed by atoms with van der Waals surface area (Å²) in [7, 11) is 1.51. The van der Waals surface area contributed by atoms with E-state index in [0.29, 0.717) is 34.5 Å². The van der Waals surface area contributed by atoms with Crippen molar-refractivity contribution in [3.63, 3.8) is 0 Å². The van der Waals surface area contributed by atoms with Crippen molar-refractivity contribution >= 4 is 21.9 Å². The first kappa shape index (κ1) is 14.6. The predicted octanol–water partition coefficient (Wildman–Crippen LogP) is 3.54. The summed E-state index contributed by atoms with van der Waals surface area (Å²) in [5.41, 5.74) is 1.82. The summed E-state index contributed by atoms with van der Waals surface area (Å²) in [4.78, 5) is 12.9. The van der Waals surface area contributed by atoms with Gasteiger partial charge in [-0.2, -0.15) is 0 Å². The van der Waals surface area contributed by atoms with E-state index in [2.05, 4.69) is 6.58 Å². The second-order valence-corrected chi connectivity index (χ2v) is 6.00. The van der Waals surface area contributed by atoms with Crippen molar-refractivity contribution in [1.82, 2.24) is 0 Å². The van der Waals surface area contributed by atoms with Crippen molar-refractivity contribution in [2.24, 2.45) is 0 Å². The fraction of sp³-hybridized carbons (Fsp3) is 0.211. The van der Waals surface area contributed by atoms with E-state index < -0.39 is 0 Å². The van der Waals surface area contributed by atoms with Gasteiger partial charge in [-0.15, -0.1) is 0 Å². The van der Waals surface area contributed by atoms with Crippen LogP contribution < -0.4 is 14.9 Å². The number of fused-ring (bicyclic) bond motifs is 3. The molecule has 1 N–H and O–H groups in total. The Hall–Kier alpha value is -2.95. The predicted molar refractivity (Wildman–Crippen MR) is 91.1 cm³/mol. The van der Waals surface area contributed by atoms with Gasteiger partial charge in [0.15, 0.2) is 11.3 Å². The Morgan fingerprint density at radius 3 is 2.92 bits per heavy atom. The zero-order valence-electron chi connectivity index (χ0n) is 13.4. The molecular formula is C19H16O5. The topological polar surface area (TPSA) is 68.9 Å². The van der Waals surface area contributed by atoms with Gasteiger partial charge in [0.25, 0.3) is 0 Å². The van der Waals surface area contributed by atoms with Crippen molar-refractivity contribution in [2.75, 3.05) is 7.11 Å². The molecule has 3 aromatic rings. The molecule has 0 spiro atoms. The van der Waals surface area contributed by atoms with Gasteiger partial charge in [-0.1, -0.05) is 12.6 Å². The minimum atomic E-state index is -0.288. The average Bonchev–Trinajstić information content (AvgIpc) is 2.99. The third-order valence-corrected chi connectivity index (χ3v) is 4.42. The van der Waals surface area contributed by atoms with E-state index in [1.807, 2.05) is 6.92 Å². The van der Waals surface area contributed by atoms with E-state index in [1.165, 1.54) is 7.11 Å². The molecular weight excluding hydrogens is 308 g/mol. The van der Waals surface area contributed by atoms with Crippen molar-refractivity contribution < 1.29 is 19.0 Å². The van der Waals surface area contributed by atoms with Gasteiger partial charge < -0.3 is 19.0 Å². The molecule has 122 valence electrons. The molecule has 0 radical (unpaired) electrons. The molecule has 1 aliphatic rings. The molecule has 1 unspecified atom stereocenters. The number of hydrogen-bond donors (Lipinski definition) is 1. The molecule has 2 heterocycles. The Bertz CT molecular complexity index is 1060. The Balaban J connectivity index is 2.08. The lowest BCUT2D eigenvalue weighted by molar-refractivity contribution is 0.271. The van der Waals surface area contributed by atoms with E-state index >= 15 is 0 Å². The van der Waals surface area contributed by atoms with Gasteiger partial charge >= 0.3 is 0 Å². The van der Waals surface area contributed by atoms with E-state index in [0.717, 1.165) is 5.57 Å². The van der Waals surface area contributed by atoms with Gasteiger partial charge in [0.05, 0.1) is 12.5 Å². The van der Waals surface area contributed by atoms with Crippen LogP contribution in [0.2, 0.25) is 0 Å². The number of methoxy groups -OCH3 is 1. The third kappa shape index (κ3) is 1.91. The van der Waals surface area contributed by atoms with Crippen molar-refractivity contribution in [2.45, 2.75) is 19.4 Å². The zero-order valence-corrected chi connectivity index (χ0v) is 13.4. The SMILES string of the molecule is C=C(C)C1Cc2c(cc3oc4c(OC)cccc4c(=O)c3c2O)O1. The molecule has 0 saturated heterocycles. The van der Waals surface area contributed by atoms with Crippen LogP contribution in [-0.2, 0) is 6.42 Å². The zero-order chi connectivity index (χ0) is 17.0. The minimum Gasteiger partial charge on any atom is -0.507 e. The summed E-state index contributed by atoms with van der Waals surface area (Å²) in [6.45, 7) is 5.77. The fourth-order valence-corrected chi connectivity index (χ4v) is 3.13. The summed E-state index contributed by atoms with van der Waals surface area (Å²) in [6, 6.07) is 6.75. The van der Waals surface area contributed by atoms with Crippen LogP contribution in [-0.4, -0.2) is 18.3 Å². The molecule has 2 aromatic carbocycles. The van der Waals surface area contributed by atoms with E-state index in [1.54, 1.807) is 24.3 Å². The first-order chi connectivity index (χ1) is 11.5. The minimum absolute atomic E-state index is 0.0790. The van der Waals surface area contributed by atoms with Crippen LogP contribution in [0.15, 0.2) is 45.6 Å². The molecule has 1 aliphatic heterocycles. The van der Waals surface area contributed by atoms with E-state index in [4.69, 9.17) is 13.9 Å². The lowest BCUT2D eigenvalue weighted by Gasteiger charge is -2.10. The standard InChI is InChI=1S/C19H16O5/c1-9(2)13-7-11-14(23-13)8-15-16(18(11)21)17(20)10-5-4-6-12(22-3)19(10)24-15/h4-6,8,13,21H,1,7H2,2-3H3. The molecule has 5 heteroatoms. The van der Waals surface area contributed by atoms with Crippen LogP contribution in [0, 0.1) is 0 Å². The Labute approximate surface area is 137 Å². The lowest BCUT2D eigenvalue weighted by atomic mass is 10.0. The first-order valence-electron chi connectivity index (χ1n) is 7.61. The van der Waals surface area contributed by atoms with Crippen LogP contribution in [0.5, 0.6) is 17.2 Å². The van der Waals surface area contributed by atoms with Gasteiger partial charge in [0.2, 0.25) is 5.43 Å². The number of para-hydroxylation sites is 1. The smallest absolute Gasteiger partial charge is 0.204 e. The van der Waals surface area contributed by atoms with Crippen LogP contribution in [0.4, 0.5) is 0 Å². The summed E-state index contributed by atoms with van der Waals surface area (Å²) in [6.07, 6.45) is 0.281. The first-order valence-corrected chi connectivity index (χ1v) is 7.61. The van der Waals surface area contributed by atoms with Crippen molar-refractivity contribution in [1.29, 1.82) is 0 Å². The van der Waals surface area contributed by atoms with Crippen LogP contribution in [0.3, 0.4) is 0 Å². The molecule has 5 nitrogen and oxygen atoms in total. The molecule has 0 bridgehead atoms. The molecule has 0 amide bonds. The maximum absolute atomic E-state index is 12.9. The summed E-state index contributed by atoms with van der Waals surface area (Å²) < 4.78 is 16.9. The van der Waals surface area contributed by atoms with Crippen LogP contribution >= 0.6 is 0 Å². The second kappa shape index (κ2) is 5.03. The quantitative estimate of drug-likeness (QED) is 0.577.